The Morgan fingerprint density at radius 1 is 0.875 bits per heavy atom. The summed E-state index contributed by atoms with van der Waals surface area (Å²) in [5, 5.41) is 3.35. The number of nitrogens with zero attached hydrogens (tertiary/aromatic N) is 8. The van der Waals surface area contributed by atoms with Crippen molar-refractivity contribution in [1.29, 1.82) is 0 Å². The van der Waals surface area contributed by atoms with Gasteiger partial charge in [0, 0.05) is 90.7 Å². The summed E-state index contributed by atoms with van der Waals surface area (Å²) in [4.78, 5) is 71.3. The van der Waals surface area contributed by atoms with Crippen molar-refractivity contribution in [3.8, 4) is 5.75 Å². The van der Waals surface area contributed by atoms with E-state index >= 15 is 0 Å². The summed E-state index contributed by atoms with van der Waals surface area (Å²) in [6.45, 7) is 8.98. The van der Waals surface area contributed by atoms with Crippen molar-refractivity contribution < 1.29 is 28.7 Å². The number of hydrogen-bond acceptors (Lipinski definition) is 12. The number of ether oxygens (including phenoxy) is 2. The highest BCUT2D eigenvalue weighted by Gasteiger charge is 2.33. The molecule has 16 nitrogen and oxygen atoms in total. The highest BCUT2D eigenvalue weighted by atomic mass is 16.5. The summed E-state index contributed by atoms with van der Waals surface area (Å²) in [5.41, 5.74) is 8.73. The summed E-state index contributed by atoms with van der Waals surface area (Å²) in [7, 11) is 3.63. The molecule has 4 aliphatic heterocycles. The van der Waals surface area contributed by atoms with Crippen LogP contribution in [0.25, 0.3) is 0 Å². The van der Waals surface area contributed by atoms with Crippen LogP contribution in [0.5, 0.6) is 5.75 Å². The number of carbonyl (C=O) groups excluding carboxylic acids is 4. The Morgan fingerprint density at radius 2 is 1.61 bits per heavy atom. The molecule has 0 spiro atoms. The van der Waals surface area contributed by atoms with E-state index in [-0.39, 0.29) is 30.2 Å². The van der Waals surface area contributed by atoms with E-state index in [4.69, 9.17) is 15.5 Å². The number of likely N-dealkylation sites (tertiary alicyclic amines) is 1. The van der Waals surface area contributed by atoms with E-state index in [1.54, 1.807) is 23.0 Å². The van der Waals surface area contributed by atoms with Gasteiger partial charge in [0.15, 0.2) is 12.4 Å². The van der Waals surface area contributed by atoms with E-state index in [9.17, 15) is 19.2 Å². The SMILES string of the molecule is CCOc1cc(N2CCC(C(=O)N3CCC(CN4CCN(C(=O)COC(N)=O)CC4)CC3)CC2)ccc1Nc1ncc2c(n1)N(C)c1ccccc1C(=O)N2C. The number of nitrogens with two attached hydrogens (primary N) is 1. The van der Waals surface area contributed by atoms with Crippen molar-refractivity contribution in [3.05, 3.63) is 54.2 Å². The number of benzene rings is 2. The molecule has 5 heterocycles. The summed E-state index contributed by atoms with van der Waals surface area (Å²) in [6, 6.07) is 13.6. The highest BCUT2D eigenvalue weighted by molar-refractivity contribution is 6.13. The van der Waals surface area contributed by atoms with Crippen LogP contribution in [0, 0.1) is 11.8 Å². The predicted octanol–water partition coefficient (Wildman–Crippen LogP) is 3.67. The van der Waals surface area contributed by atoms with Gasteiger partial charge in [0.25, 0.3) is 11.8 Å². The molecule has 2 aromatic carbocycles. The van der Waals surface area contributed by atoms with E-state index in [2.05, 4.69) is 35.8 Å². The maximum absolute atomic E-state index is 13.6. The second kappa shape index (κ2) is 17.0. The summed E-state index contributed by atoms with van der Waals surface area (Å²) >= 11 is 0. The van der Waals surface area contributed by atoms with Gasteiger partial charge in [-0.2, -0.15) is 4.98 Å². The number of aromatic nitrogens is 2. The minimum Gasteiger partial charge on any atom is -0.492 e. The van der Waals surface area contributed by atoms with Gasteiger partial charge in [-0.1, -0.05) is 12.1 Å². The van der Waals surface area contributed by atoms with Crippen LogP contribution in [0.15, 0.2) is 48.7 Å². The third kappa shape index (κ3) is 8.44. The molecular formula is C40H52N10O6. The number of carbonyl (C=O) groups is 4. The lowest BCUT2D eigenvalue weighted by molar-refractivity contribution is -0.137. The Morgan fingerprint density at radius 3 is 2.32 bits per heavy atom. The molecule has 0 unspecified atom stereocenters. The van der Waals surface area contributed by atoms with Gasteiger partial charge in [-0.25, -0.2) is 9.78 Å². The quantitative estimate of drug-likeness (QED) is 0.308. The van der Waals surface area contributed by atoms with Crippen LogP contribution < -0.4 is 30.5 Å². The second-order valence-electron chi connectivity index (χ2n) is 14.9. The zero-order valence-corrected chi connectivity index (χ0v) is 32.5. The van der Waals surface area contributed by atoms with E-state index in [0.29, 0.717) is 54.4 Å². The topological polar surface area (TPSA) is 170 Å². The van der Waals surface area contributed by atoms with Crippen LogP contribution >= 0.6 is 0 Å². The lowest BCUT2D eigenvalue weighted by Crippen LogP contribution is -2.52. The Labute approximate surface area is 327 Å². The van der Waals surface area contributed by atoms with Crippen LogP contribution in [0.4, 0.5) is 39.3 Å². The fourth-order valence-electron chi connectivity index (χ4n) is 8.22. The van der Waals surface area contributed by atoms with E-state index in [1.807, 2.05) is 55.3 Å². The number of hydrogen-bond donors (Lipinski definition) is 2. The average Bonchev–Trinajstić information content (AvgIpc) is 3.30. The molecule has 4 aliphatic rings. The van der Waals surface area contributed by atoms with E-state index in [0.717, 1.165) is 88.6 Å². The number of amides is 4. The third-order valence-electron chi connectivity index (χ3n) is 11.5. The van der Waals surface area contributed by atoms with Gasteiger partial charge >= 0.3 is 6.09 Å². The number of primary amides is 1. The van der Waals surface area contributed by atoms with Crippen molar-refractivity contribution >= 4 is 58.3 Å². The van der Waals surface area contributed by atoms with Crippen LogP contribution in [-0.4, -0.2) is 135 Å². The van der Waals surface area contributed by atoms with Crippen molar-refractivity contribution in [2.45, 2.75) is 32.6 Å². The third-order valence-corrected chi connectivity index (χ3v) is 11.5. The number of piperazine rings is 1. The Balaban J connectivity index is 0.903. The minimum absolute atomic E-state index is 0.0176. The largest absolute Gasteiger partial charge is 0.492 e. The maximum Gasteiger partial charge on any atom is 0.405 e. The first-order valence-electron chi connectivity index (χ1n) is 19.6. The normalized spacial score (nSPS) is 18.3. The molecule has 0 aliphatic carbocycles. The molecule has 0 radical (unpaired) electrons. The fraction of sp³-hybridized carbons (Fsp3) is 0.500. The molecule has 4 amide bonds. The first kappa shape index (κ1) is 38.6. The molecule has 0 atom stereocenters. The van der Waals surface area contributed by atoms with E-state index < -0.39 is 6.09 Å². The summed E-state index contributed by atoms with van der Waals surface area (Å²) < 4.78 is 10.7. The van der Waals surface area contributed by atoms with Gasteiger partial charge in [0.1, 0.15) is 11.4 Å². The zero-order valence-electron chi connectivity index (χ0n) is 32.5. The highest BCUT2D eigenvalue weighted by Crippen LogP contribution is 2.39. The Hall–Kier alpha value is -5.64. The van der Waals surface area contributed by atoms with Crippen LogP contribution in [0.2, 0.25) is 0 Å². The molecule has 7 rings (SSSR count). The molecule has 56 heavy (non-hydrogen) atoms. The van der Waals surface area contributed by atoms with Crippen LogP contribution in [-0.2, 0) is 14.3 Å². The molecular weight excluding hydrogens is 717 g/mol. The second-order valence-corrected chi connectivity index (χ2v) is 14.9. The maximum atomic E-state index is 13.6. The molecule has 3 N–H and O–H groups in total. The van der Waals surface area contributed by atoms with Gasteiger partial charge in [-0.15, -0.1) is 0 Å². The molecule has 0 saturated carbocycles. The Bertz CT molecular complexity index is 1920. The van der Waals surface area contributed by atoms with Crippen molar-refractivity contribution in [3.63, 3.8) is 0 Å². The van der Waals surface area contributed by atoms with Crippen LogP contribution in [0.3, 0.4) is 0 Å². The molecule has 3 saturated heterocycles. The average molecular weight is 769 g/mol. The number of rotatable bonds is 10. The lowest BCUT2D eigenvalue weighted by Gasteiger charge is -2.40. The minimum atomic E-state index is -0.940. The first-order chi connectivity index (χ1) is 27.1. The molecule has 1 aromatic heterocycles. The number of piperidine rings is 2. The first-order valence-corrected chi connectivity index (χ1v) is 19.6. The monoisotopic (exact) mass is 768 g/mol. The van der Waals surface area contributed by atoms with Gasteiger partial charge in [-0.3, -0.25) is 19.3 Å². The van der Waals surface area contributed by atoms with E-state index in [1.165, 1.54) is 0 Å². The molecule has 298 valence electrons. The molecule has 3 aromatic rings. The van der Waals surface area contributed by atoms with Gasteiger partial charge in [0.2, 0.25) is 11.9 Å². The smallest absolute Gasteiger partial charge is 0.405 e. The molecule has 0 bridgehead atoms. The molecule has 3 fully saturated rings. The van der Waals surface area contributed by atoms with Gasteiger partial charge < -0.3 is 45.0 Å². The fourth-order valence-corrected chi connectivity index (χ4v) is 8.22. The van der Waals surface area contributed by atoms with Crippen LogP contribution in [0.1, 0.15) is 43.0 Å². The zero-order chi connectivity index (χ0) is 39.3. The summed E-state index contributed by atoms with van der Waals surface area (Å²) in [6.07, 6.45) is 4.28. The Kier molecular flexibility index (Phi) is 11.7. The number of nitrogens with one attached hydrogen (secondary N) is 1. The number of fused-ring (bicyclic) bond motifs is 2. The predicted molar refractivity (Wildman–Crippen MR) is 213 cm³/mol. The van der Waals surface area contributed by atoms with Gasteiger partial charge in [-0.05, 0) is 62.8 Å². The van der Waals surface area contributed by atoms with Crippen molar-refractivity contribution in [1.82, 2.24) is 24.7 Å². The molecule has 16 heteroatoms. The van der Waals surface area contributed by atoms with Crippen molar-refractivity contribution in [2.24, 2.45) is 17.6 Å². The standard InChI is InChI=1S/C40H52N10O6/c1-4-55-34-23-29(9-10-31(34)43-40-42-24-33-36(44-40)45(2)32-8-6-5-7-30(32)38(53)46(33)3)48-17-13-28(14-18-48)37(52)50-15-11-27(12-16-50)25-47-19-21-49(22-20-47)35(51)26-56-39(41)54/h5-10,23-24,27-28H,4,11-22,25-26H2,1-3H3,(H2,41,54)(H,42,43,44). The number of anilines is 6. The summed E-state index contributed by atoms with van der Waals surface area (Å²) in [5.74, 6) is 2.15. The van der Waals surface area contributed by atoms with Crippen molar-refractivity contribution in [2.75, 3.05) is 106 Å². The lowest BCUT2D eigenvalue weighted by atomic mass is 9.91. The van der Waals surface area contributed by atoms with Gasteiger partial charge in [0.05, 0.1) is 29.7 Å². The number of para-hydroxylation sites is 1.